The molecule has 1 heterocycles. The summed E-state index contributed by atoms with van der Waals surface area (Å²) < 4.78 is 2.30. The Morgan fingerprint density at radius 2 is 1.62 bits per heavy atom. The first-order chi connectivity index (χ1) is 11.6. The smallest absolute Gasteiger partial charge is 0.0482 e. The summed E-state index contributed by atoms with van der Waals surface area (Å²) in [5.41, 5.74) is 6.72. The zero-order valence-corrected chi connectivity index (χ0v) is 17.6. The lowest BCUT2D eigenvalue weighted by Gasteiger charge is -2.13. The van der Waals surface area contributed by atoms with Gasteiger partial charge in [0.1, 0.15) is 0 Å². The number of benzene rings is 2. The van der Waals surface area contributed by atoms with Gasteiger partial charge >= 0.3 is 0 Å². The second-order valence-corrected chi connectivity index (χ2v) is 6.63. The van der Waals surface area contributed by atoms with Crippen LogP contribution in [0.15, 0.2) is 48.5 Å². The monoisotopic (exact) mass is 393 g/mol. The van der Waals surface area contributed by atoms with Crippen LogP contribution in [0.4, 0.5) is 5.69 Å². The molecule has 3 aromatic rings. The minimum Gasteiger partial charge on any atom is -0.378 e. The quantitative estimate of drug-likeness (QED) is 0.610. The Hall–Kier alpha value is -1.68. The molecule has 0 saturated heterocycles. The maximum Gasteiger partial charge on any atom is 0.0482 e. The van der Waals surface area contributed by atoms with E-state index in [1.807, 2.05) is 0 Å². The van der Waals surface area contributed by atoms with Gasteiger partial charge in [0.25, 0.3) is 0 Å². The van der Waals surface area contributed by atoms with E-state index in [9.17, 15) is 0 Å². The number of rotatable bonds is 6. The third kappa shape index (κ3) is 4.73. The van der Waals surface area contributed by atoms with Crippen molar-refractivity contribution < 1.29 is 0 Å². The van der Waals surface area contributed by atoms with Crippen molar-refractivity contribution in [2.75, 3.05) is 25.5 Å². The van der Waals surface area contributed by atoms with E-state index in [4.69, 9.17) is 0 Å². The molecular formula is C21H29Cl2N3. The molecule has 2 aromatic carbocycles. The van der Waals surface area contributed by atoms with E-state index < -0.39 is 0 Å². The minimum absolute atomic E-state index is 0. The van der Waals surface area contributed by atoms with Gasteiger partial charge in [-0.2, -0.15) is 0 Å². The predicted octanol–water partition coefficient (Wildman–Crippen LogP) is 4.73. The SMILES string of the molecule is Cc1c(CCNCc2ccc(N(C)C)cc2)c2ccccc2n1C.Cl.Cl. The number of fused-ring (bicyclic) bond motifs is 1. The van der Waals surface area contributed by atoms with Crippen LogP contribution in [0.3, 0.4) is 0 Å². The molecule has 26 heavy (non-hydrogen) atoms. The Morgan fingerprint density at radius 1 is 0.962 bits per heavy atom. The Morgan fingerprint density at radius 3 is 2.27 bits per heavy atom. The molecule has 0 saturated carbocycles. The van der Waals surface area contributed by atoms with Gasteiger partial charge in [-0.05, 0) is 49.2 Å². The molecule has 0 fully saturated rings. The molecule has 142 valence electrons. The maximum absolute atomic E-state index is 3.58. The van der Waals surface area contributed by atoms with Crippen LogP contribution in [0.25, 0.3) is 10.9 Å². The third-order valence-electron chi connectivity index (χ3n) is 4.86. The second kappa shape index (κ2) is 9.86. The van der Waals surface area contributed by atoms with Crippen LogP contribution in [-0.2, 0) is 20.0 Å². The fourth-order valence-electron chi connectivity index (χ4n) is 3.27. The molecule has 0 atom stereocenters. The molecule has 3 rings (SSSR count). The Kier molecular flexibility index (Phi) is 8.48. The Labute approximate surface area is 169 Å². The maximum atomic E-state index is 3.58. The third-order valence-corrected chi connectivity index (χ3v) is 4.86. The van der Waals surface area contributed by atoms with Crippen molar-refractivity contribution in [3.63, 3.8) is 0 Å². The van der Waals surface area contributed by atoms with Gasteiger partial charge in [-0.15, -0.1) is 24.8 Å². The number of halogens is 2. The highest BCUT2D eigenvalue weighted by atomic mass is 35.5. The average Bonchev–Trinajstić information content (AvgIpc) is 2.84. The standard InChI is InChI=1S/C21H27N3.2ClH/c1-16-19(20-7-5-6-8-21(20)24(16)4)13-14-22-15-17-9-11-18(12-10-17)23(2)3;;/h5-12,22H,13-15H2,1-4H3;2*1H. The molecule has 3 nitrogen and oxygen atoms in total. The van der Waals surface area contributed by atoms with E-state index in [0.29, 0.717) is 0 Å². The van der Waals surface area contributed by atoms with Crippen LogP contribution in [0.5, 0.6) is 0 Å². The number of nitrogens with zero attached hydrogens (tertiary/aromatic N) is 2. The van der Waals surface area contributed by atoms with Crippen molar-refractivity contribution in [3.05, 3.63) is 65.4 Å². The van der Waals surface area contributed by atoms with Crippen molar-refractivity contribution >= 4 is 41.4 Å². The number of aryl methyl sites for hydroxylation is 1. The summed E-state index contributed by atoms with van der Waals surface area (Å²) in [5.74, 6) is 0. The van der Waals surface area contributed by atoms with Crippen LogP contribution in [0.2, 0.25) is 0 Å². The van der Waals surface area contributed by atoms with Crippen molar-refractivity contribution in [3.8, 4) is 0 Å². The van der Waals surface area contributed by atoms with E-state index in [1.165, 1.54) is 33.4 Å². The zero-order valence-electron chi connectivity index (χ0n) is 16.0. The molecule has 5 heteroatoms. The molecular weight excluding hydrogens is 365 g/mol. The van der Waals surface area contributed by atoms with E-state index in [0.717, 1.165) is 19.5 Å². The highest BCUT2D eigenvalue weighted by molar-refractivity contribution is 5.86. The summed E-state index contributed by atoms with van der Waals surface area (Å²) >= 11 is 0. The number of aromatic nitrogens is 1. The summed E-state index contributed by atoms with van der Waals surface area (Å²) in [6, 6.07) is 17.4. The Balaban J connectivity index is 0.00000169. The fourth-order valence-corrected chi connectivity index (χ4v) is 3.27. The van der Waals surface area contributed by atoms with Gasteiger partial charge in [-0.1, -0.05) is 30.3 Å². The van der Waals surface area contributed by atoms with Gasteiger partial charge in [0, 0.05) is 50.0 Å². The fraction of sp³-hybridized carbons (Fsp3) is 0.333. The molecule has 0 spiro atoms. The Bertz CT molecular complexity index is 823. The lowest BCUT2D eigenvalue weighted by Crippen LogP contribution is -2.17. The van der Waals surface area contributed by atoms with Gasteiger partial charge in [0.15, 0.2) is 0 Å². The van der Waals surface area contributed by atoms with E-state index >= 15 is 0 Å². The van der Waals surface area contributed by atoms with Gasteiger partial charge in [0.05, 0.1) is 0 Å². The molecule has 0 aliphatic rings. The number of anilines is 1. The van der Waals surface area contributed by atoms with Gasteiger partial charge < -0.3 is 14.8 Å². The molecule has 0 radical (unpaired) electrons. The van der Waals surface area contributed by atoms with Crippen LogP contribution in [0, 0.1) is 6.92 Å². The van der Waals surface area contributed by atoms with E-state index in [2.05, 4.69) is 91.4 Å². The first-order valence-electron chi connectivity index (χ1n) is 8.58. The van der Waals surface area contributed by atoms with Crippen LogP contribution < -0.4 is 10.2 Å². The van der Waals surface area contributed by atoms with Crippen molar-refractivity contribution in [2.45, 2.75) is 19.9 Å². The highest BCUT2D eigenvalue weighted by Gasteiger charge is 2.10. The zero-order chi connectivity index (χ0) is 17.1. The highest BCUT2D eigenvalue weighted by Crippen LogP contribution is 2.24. The first-order valence-corrected chi connectivity index (χ1v) is 8.58. The van der Waals surface area contributed by atoms with Gasteiger partial charge in [-0.25, -0.2) is 0 Å². The molecule has 0 amide bonds. The average molecular weight is 394 g/mol. The van der Waals surface area contributed by atoms with Crippen molar-refractivity contribution in [1.82, 2.24) is 9.88 Å². The summed E-state index contributed by atoms with van der Waals surface area (Å²) in [6.45, 7) is 4.12. The minimum atomic E-state index is 0. The number of para-hydroxylation sites is 1. The topological polar surface area (TPSA) is 20.2 Å². The first kappa shape index (κ1) is 22.4. The van der Waals surface area contributed by atoms with E-state index in [-0.39, 0.29) is 24.8 Å². The lowest BCUT2D eigenvalue weighted by atomic mass is 10.1. The summed E-state index contributed by atoms with van der Waals surface area (Å²) in [4.78, 5) is 2.13. The predicted molar refractivity (Wildman–Crippen MR) is 118 cm³/mol. The number of hydrogen-bond acceptors (Lipinski definition) is 2. The lowest BCUT2D eigenvalue weighted by molar-refractivity contribution is 0.685. The summed E-state index contributed by atoms with van der Waals surface area (Å²) in [7, 11) is 6.29. The van der Waals surface area contributed by atoms with Gasteiger partial charge in [-0.3, -0.25) is 0 Å². The van der Waals surface area contributed by atoms with Crippen molar-refractivity contribution in [1.29, 1.82) is 0 Å². The molecule has 0 aliphatic carbocycles. The van der Waals surface area contributed by atoms with Gasteiger partial charge in [0.2, 0.25) is 0 Å². The van der Waals surface area contributed by atoms with Crippen molar-refractivity contribution in [2.24, 2.45) is 7.05 Å². The molecule has 1 aromatic heterocycles. The molecule has 0 bridgehead atoms. The second-order valence-electron chi connectivity index (χ2n) is 6.63. The molecule has 1 N–H and O–H groups in total. The van der Waals surface area contributed by atoms with Crippen LogP contribution in [0.1, 0.15) is 16.8 Å². The largest absolute Gasteiger partial charge is 0.378 e. The summed E-state index contributed by atoms with van der Waals surface area (Å²) in [5, 5.41) is 4.96. The number of nitrogens with one attached hydrogen (secondary N) is 1. The van der Waals surface area contributed by atoms with Crippen LogP contribution >= 0.6 is 24.8 Å². The number of hydrogen-bond donors (Lipinski definition) is 1. The molecule has 0 unspecified atom stereocenters. The van der Waals surface area contributed by atoms with E-state index in [1.54, 1.807) is 0 Å². The van der Waals surface area contributed by atoms with Crippen LogP contribution in [-0.4, -0.2) is 25.2 Å². The summed E-state index contributed by atoms with van der Waals surface area (Å²) in [6.07, 6.45) is 1.06. The molecule has 0 aliphatic heterocycles. The normalized spacial score (nSPS) is 10.3.